The fourth-order valence-electron chi connectivity index (χ4n) is 5.38. The molecule has 3 aromatic heterocycles. The van der Waals surface area contributed by atoms with Crippen LogP contribution >= 0.6 is 0 Å². The molecule has 0 saturated heterocycles. The number of hydrogen-bond acceptors (Lipinski definition) is 2. The zero-order chi connectivity index (χ0) is 21.2. The number of fused-ring (bicyclic) bond motifs is 8. The second-order valence-corrected chi connectivity index (χ2v) is 8.97. The summed E-state index contributed by atoms with van der Waals surface area (Å²) >= 11 is 0. The fourth-order valence-corrected chi connectivity index (χ4v) is 5.38. The minimum atomic E-state index is 0.0785. The molecule has 0 spiro atoms. The summed E-state index contributed by atoms with van der Waals surface area (Å²) in [6.07, 6.45) is 6.77. The van der Waals surface area contributed by atoms with Gasteiger partial charge in [0.05, 0.1) is 18.3 Å². The number of aryl methyl sites for hydroxylation is 2. The van der Waals surface area contributed by atoms with E-state index in [9.17, 15) is 0 Å². The SMILES string of the molecule is CCC(C)(CC)n1c2ccccc2c2cc3c(cc21)-c1ccc2nccnc2[n+]1CC3. The van der Waals surface area contributed by atoms with Crippen molar-refractivity contribution in [2.75, 3.05) is 0 Å². The Hall–Kier alpha value is -3.27. The molecule has 5 aromatic rings. The van der Waals surface area contributed by atoms with Gasteiger partial charge in [0.15, 0.2) is 11.7 Å². The lowest BCUT2D eigenvalue weighted by Crippen LogP contribution is -2.41. The molecule has 4 heteroatoms. The van der Waals surface area contributed by atoms with Gasteiger partial charge in [-0.3, -0.25) is 0 Å². The van der Waals surface area contributed by atoms with Crippen molar-refractivity contribution in [2.45, 2.75) is 52.1 Å². The number of hydrogen-bond donors (Lipinski definition) is 0. The monoisotopic (exact) mass is 407 g/mol. The number of nitrogens with zero attached hydrogens (tertiary/aromatic N) is 4. The van der Waals surface area contributed by atoms with Crippen molar-refractivity contribution >= 4 is 33.0 Å². The topological polar surface area (TPSA) is 34.6 Å². The lowest BCUT2D eigenvalue weighted by molar-refractivity contribution is -0.663. The minimum absolute atomic E-state index is 0.0785. The first-order valence-corrected chi connectivity index (χ1v) is 11.3. The number of aromatic nitrogens is 4. The molecule has 0 fully saturated rings. The molecule has 1 aliphatic rings. The quantitative estimate of drug-likeness (QED) is 0.355. The van der Waals surface area contributed by atoms with Gasteiger partial charge in [0, 0.05) is 33.8 Å². The number of benzene rings is 2. The van der Waals surface area contributed by atoms with Crippen molar-refractivity contribution in [1.29, 1.82) is 0 Å². The largest absolute Gasteiger partial charge is 0.349 e. The van der Waals surface area contributed by atoms with E-state index in [1.807, 2.05) is 0 Å². The standard InChI is InChI=1S/C27H27N4/c1-4-27(3,5-2)31-24-9-7-6-8-19(24)21-16-18-12-15-30-23(20(18)17-25(21)31)11-10-22-26(30)29-14-13-28-22/h6-11,13-14,16-17H,4-5,12,15H2,1-3H3/q+1. The predicted octanol–water partition coefficient (Wildman–Crippen LogP) is 5.78. The van der Waals surface area contributed by atoms with Crippen LogP contribution in [0.25, 0.3) is 44.2 Å². The van der Waals surface area contributed by atoms with Crippen LogP contribution in [0.4, 0.5) is 0 Å². The third-order valence-electron chi connectivity index (χ3n) is 7.49. The van der Waals surface area contributed by atoms with Crippen LogP contribution < -0.4 is 4.57 Å². The van der Waals surface area contributed by atoms with Crippen LogP contribution in [0.2, 0.25) is 0 Å². The van der Waals surface area contributed by atoms with E-state index in [0.717, 1.165) is 37.0 Å². The maximum Gasteiger partial charge on any atom is 0.349 e. The Morgan fingerprint density at radius 2 is 1.74 bits per heavy atom. The molecule has 31 heavy (non-hydrogen) atoms. The summed E-state index contributed by atoms with van der Waals surface area (Å²) in [4.78, 5) is 9.15. The molecule has 0 unspecified atom stereocenters. The molecule has 0 amide bonds. The van der Waals surface area contributed by atoms with Gasteiger partial charge in [-0.15, -0.1) is 0 Å². The highest BCUT2D eigenvalue weighted by molar-refractivity contribution is 6.09. The normalized spacial score (nSPS) is 13.6. The van der Waals surface area contributed by atoms with Crippen LogP contribution in [-0.4, -0.2) is 14.5 Å². The fraction of sp³-hybridized carbons (Fsp3) is 0.296. The van der Waals surface area contributed by atoms with E-state index < -0.39 is 0 Å². The Morgan fingerprint density at radius 1 is 0.935 bits per heavy atom. The summed E-state index contributed by atoms with van der Waals surface area (Å²) < 4.78 is 4.93. The van der Waals surface area contributed by atoms with E-state index in [4.69, 9.17) is 0 Å². The highest BCUT2D eigenvalue weighted by Gasteiger charge is 2.29. The van der Waals surface area contributed by atoms with Gasteiger partial charge >= 0.3 is 5.65 Å². The first kappa shape index (κ1) is 18.5. The van der Waals surface area contributed by atoms with Crippen molar-refractivity contribution in [3.63, 3.8) is 0 Å². The first-order valence-electron chi connectivity index (χ1n) is 11.3. The van der Waals surface area contributed by atoms with Crippen LogP contribution in [-0.2, 0) is 18.5 Å². The molecule has 4 nitrogen and oxygen atoms in total. The molecule has 0 radical (unpaired) electrons. The van der Waals surface area contributed by atoms with Crippen molar-refractivity contribution in [1.82, 2.24) is 14.5 Å². The van der Waals surface area contributed by atoms with E-state index in [0.29, 0.717) is 0 Å². The molecular weight excluding hydrogens is 380 g/mol. The molecular formula is C27H27N4+. The maximum atomic E-state index is 4.64. The first-order chi connectivity index (χ1) is 15.1. The van der Waals surface area contributed by atoms with Gasteiger partial charge in [-0.2, -0.15) is 0 Å². The van der Waals surface area contributed by atoms with Crippen molar-refractivity contribution in [2.24, 2.45) is 0 Å². The molecule has 154 valence electrons. The van der Waals surface area contributed by atoms with Gasteiger partial charge in [-0.05, 0) is 60.6 Å². The number of para-hydroxylation sites is 1. The Morgan fingerprint density at radius 3 is 2.58 bits per heavy atom. The molecule has 0 bridgehead atoms. The lowest BCUT2D eigenvalue weighted by atomic mass is 9.93. The number of rotatable bonds is 3. The van der Waals surface area contributed by atoms with Gasteiger partial charge in [0.1, 0.15) is 5.69 Å². The molecule has 2 aromatic carbocycles. The predicted molar refractivity (Wildman–Crippen MR) is 126 cm³/mol. The van der Waals surface area contributed by atoms with E-state index >= 15 is 0 Å². The molecule has 0 saturated carbocycles. The Balaban J connectivity index is 1.72. The van der Waals surface area contributed by atoms with Crippen LogP contribution in [0.3, 0.4) is 0 Å². The summed E-state index contributed by atoms with van der Waals surface area (Å²) in [5.74, 6) is 0. The molecule has 6 rings (SSSR count). The van der Waals surface area contributed by atoms with Crippen molar-refractivity contribution < 1.29 is 4.57 Å². The Kier molecular flexibility index (Phi) is 3.95. The van der Waals surface area contributed by atoms with E-state index in [1.165, 1.54) is 38.6 Å². The van der Waals surface area contributed by atoms with Crippen LogP contribution in [0.15, 0.2) is 60.9 Å². The maximum absolute atomic E-state index is 4.64. The van der Waals surface area contributed by atoms with E-state index in [1.54, 1.807) is 12.4 Å². The zero-order valence-corrected chi connectivity index (χ0v) is 18.4. The second-order valence-electron chi connectivity index (χ2n) is 8.97. The molecule has 1 aliphatic heterocycles. The van der Waals surface area contributed by atoms with Gasteiger partial charge in [0.25, 0.3) is 0 Å². The van der Waals surface area contributed by atoms with Gasteiger partial charge < -0.3 is 4.57 Å². The molecule has 0 N–H and O–H groups in total. The Bertz CT molecular complexity index is 1470. The molecule has 0 aliphatic carbocycles. The summed E-state index contributed by atoms with van der Waals surface area (Å²) in [7, 11) is 0. The van der Waals surface area contributed by atoms with Gasteiger partial charge in [-0.25, -0.2) is 9.55 Å². The average Bonchev–Trinajstić information content (AvgIpc) is 3.16. The van der Waals surface area contributed by atoms with Crippen molar-refractivity contribution in [3.05, 3.63) is 66.5 Å². The summed E-state index contributed by atoms with van der Waals surface area (Å²) in [6, 6.07) is 18.1. The summed E-state index contributed by atoms with van der Waals surface area (Å²) in [5, 5.41) is 2.73. The highest BCUT2D eigenvalue weighted by Crippen LogP contribution is 2.40. The van der Waals surface area contributed by atoms with E-state index in [-0.39, 0.29) is 5.54 Å². The van der Waals surface area contributed by atoms with Crippen molar-refractivity contribution in [3.8, 4) is 11.3 Å². The zero-order valence-electron chi connectivity index (χ0n) is 18.4. The van der Waals surface area contributed by atoms with Gasteiger partial charge in [-0.1, -0.05) is 32.0 Å². The van der Waals surface area contributed by atoms with Gasteiger partial charge in [0.2, 0.25) is 0 Å². The Labute approximate surface area is 182 Å². The molecule has 4 heterocycles. The average molecular weight is 408 g/mol. The van der Waals surface area contributed by atoms with Crippen LogP contribution in [0, 0.1) is 0 Å². The van der Waals surface area contributed by atoms with E-state index in [2.05, 4.69) is 88.4 Å². The minimum Gasteiger partial charge on any atom is -0.335 e. The third-order valence-corrected chi connectivity index (χ3v) is 7.49. The van der Waals surface area contributed by atoms with Crippen LogP contribution in [0.1, 0.15) is 39.2 Å². The highest BCUT2D eigenvalue weighted by atomic mass is 15.1. The smallest absolute Gasteiger partial charge is 0.335 e. The second kappa shape index (κ2) is 6.61. The number of pyridine rings is 1. The van der Waals surface area contributed by atoms with Crippen LogP contribution in [0.5, 0.6) is 0 Å². The molecule has 0 atom stereocenters. The summed E-state index contributed by atoms with van der Waals surface area (Å²) in [6.45, 7) is 7.94. The third kappa shape index (κ3) is 2.51. The summed E-state index contributed by atoms with van der Waals surface area (Å²) in [5.41, 5.74) is 8.66. The lowest BCUT2D eigenvalue weighted by Gasteiger charge is -2.31.